The largest absolute Gasteiger partial charge is 0.345 e. The van der Waals surface area contributed by atoms with Gasteiger partial charge in [0, 0.05) is 21.4 Å². The number of amides is 1. The average molecular weight is 308 g/mol. The highest BCUT2D eigenvalue weighted by Crippen LogP contribution is 2.37. The number of thioether (sulfide) groups is 1. The molecule has 1 unspecified atom stereocenters. The number of aryl methyl sites for hydroxylation is 1. The average Bonchev–Trinajstić information content (AvgIpc) is 2.86. The molecule has 0 aliphatic carbocycles. The SMILES string of the molecule is Cc1[nH]ncc1C(=O)NC1CCSc2ccc(Cl)cc21. The van der Waals surface area contributed by atoms with E-state index in [-0.39, 0.29) is 11.9 Å². The topological polar surface area (TPSA) is 57.8 Å². The number of hydrogen-bond donors (Lipinski definition) is 2. The molecule has 1 atom stereocenters. The number of fused-ring (bicyclic) bond motifs is 1. The van der Waals surface area contributed by atoms with Crippen LogP contribution in [-0.4, -0.2) is 21.9 Å². The Hall–Kier alpha value is -1.46. The Labute approximate surface area is 126 Å². The minimum absolute atomic E-state index is 0.00625. The number of nitrogens with one attached hydrogen (secondary N) is 2. The number of aromatic amines is 1. The predicted molar refractivity (Wildman–Crippen MR) is 80.3 cm³/mol. The summed E-state index contributed by atoms with van der Waals surface area (Å²) in [6.45, 7) is 1.84. The third kappa shape index (κ3) is 2.55. The maximum Gasteiger partial charge on any atom is 0.255 e. The Kier molecular flexibility index (Phi) is 3.72. The summed E-state index contributed by atoms with van der Waals surface area (Å²) in [5.74, 6) is 0.892. The Morgan fingerprint density at radius 1 is 1.55 bits per heavy atom. The molecule has 4 nitrogen and oxygen atoms in total. The molecule has 0 radical (unpaired) electrons. The minimum atomic E-state index is -0.0981. The smallest absolute Gasteiger partial charge is 0.255 e. The molecule has 1 aliphatic heterocycles. The molecular formula is C14H14ClN3OS. The highest BCUT2D eigenvalue weighted by molar-refractivity contribution is 7.99. The molecule has 2 heterocycles. The first kappa shape index (κ1) is 13.5. The lowest BCUT2D eigenvalue weighted by atomic mass is 10.0. The zero-order valence-electron chi connectivity index (χ0n) is 10.9. The summed E-state index contributed by atoms with van der Waals surface area (Å²) in [7, 11) is 0. The lowest BCUT2D eigenvalue weighted by Crippen LogP contribution is -2.30. The van der Waals surface area contributed by atoms with E-state index in [1.807, 2.05) is 25.1 Å². The van der Waals surface area contributed by atoms with Gasteiger partial charge in [0.15, 0.2) is 0 Å². The normalized spacial score (nSPS) is 17.6. The van der Waals surface area contributed by atoms with E-state index in [4.69, 9.17) is 11.6 Å². The lowest BCUT2D eigenvalue weighted by molar-refractivity contribution is 0.0934. The van der Waals surface area contributed by atoms with Crippen LogP contribution < -0.4 is 5.32 Å². The first-order chi connectivity index (χ1) is 9.65. The Morgan fingerprint density at radius 2 is 2.40 bits per heavy atom. The first-order valence-electron chi connectivity index (χ1n) is 6.38. The van der Waals surface area contributed by atoms with Crippen LogP contribution in [0.1, 0.15) is 34.1 Å². The molecule has 0 saturated heterocycles. The van der Waals surface area contributed by atoms with Crippen LogP contribution in [0.15, 0.2) is 29.3 Å². The van der Waals surface area contributed by atoms with Crippen LogP contribution in [-0.2, 0) is 0 Å². The summed E-state index contributed by atoms with van der Waals surface area (Å²) in [5, 5.41) is 10.4. The van der Waals surface area contributed by atoms with E-state index in [1.165, 1.54) is 4.90 Å². The maximum absolute atomic E-state index is 12.3. The van der Waals surface area contributed by atoms with Gasteiger partial charge in [-0.1, -0.05) is 11.6 Å². The summed E-state index contributed by atoms with van der Waals surface area (Å²) in [4.78, 5) is 13.5. The number of benzene rings is 1. The van der Waals surface area contributed by atoms with E-state index in [1.54, 1.807) is 18.0 Å². The molecule has 2 N–H and O–H groups in total. The molecule has 0 bridgehead atoms. The van der Waals surface area contributed by atoms with E-state index in [9.17, 15) is 4.79 Å². The number of nitrogens with zero attached hydrogens (tertiary/aromatic N) is 1. The lowest BCUT2D eigenvalue weighted by Gasteiger charge is -2.26. The number of rotatable bonds is 2. The van der Waals surface area contributed by atoms with Gasteiger partial charge in [0.25, 0.3) is 5.91 Å². The molecule has 104 valence electrons. The fourth-order valence-corrected chi connectivity index (χ4v) is 3.62. The number of aromatic nitrogens is 2. The molecule has 1 aromatic heterocycles. The molecule has 6 heteroatoms. The van der Waals surface area contributed by atoms with E-state index in [0.29, 0.717) is 10.6 Å². The molecule has 0 saturated carbocycles. The van der Waals surface area contributed by atoms with Gasteiger partial charge in [-0.15, -0.1) is 11.8 Å². The molecule has 0 fully saturated rings. The van der Waals surface area contributed by atoms with Crippen LogP contribution in [0.25, 0.3) is 0 Å². The summed E-state index contributed by atoms with van der Waals surface area (Å²) >= 11 is 7.87. The third-order valence-electron chi connectivity index (χ3n) is 3.39. The number of hydrogen-bond acceptors (Lipinski definition) is 3. The van der Waals surface area contributed by atoms with Gasteiger partial charge in [-0.05, 0) is 37.1 Å². The van der Waals surface area contributed by atoms with E-state index in [2.05, 4.69) is 15.5 Å². The molecule has 1 aromatic carbocycles. The summed E-state index contributed by atoms with van der Waals surface area (Å²) in [5.41, 5.74) is 2.47. The zero-order valence-corrected chi connectivity index (χ0v) is 12.5. The van der Waals surface area contributed by atoms with Crippen LogP contribution in [0.4, 0.5) is 0 Å². The standard InChI is InChI=1S/C14H14ClN3OS/c1-8-11(7-16-18-8)14(19)17-12-4-5-20-13-3-2-9(15)6-10(12)13/h2-3,6-7,12H,4-5H2,1H3,(H,16,18)(H,17,19). The fraction of sp³-hybridized carbons (Fsp3) is 0.286. The number of carbonyl (C=O) groups is 1. The fourth-order valence-electron chi connectivity index (χ4n) is 2.33. The Morgan fingerprint density at radius 3 is 3.15 bits per heavy atom. The zero-order chi connectivity index (χ0) is 14.1. The van der Waals surface area contributed by atoms with Gasteiger partial charge in [-0.3, -0.25) is 9.89 Å². The monoisotopic (exact) mass is 307 g/mol. The van der Waals surface area contributed by atoms with Crippen molar-refractivity contribution < 1.29 is 4.79 Å². The van der Waals surface area contributed by atoms with Gasteiger partial charge >= 0.3 is 0 Å². The summed E-state index contributed by atoms with van der Waals surface area (Å²) in [6, 6.07) is 5.85. The van der Waals surface area contributed by atoms with Crippen molar-refractivity contribution >= 4 is 29.3 Å². The van der Waals surface area contributed by atoms with Gasteiger partial charge in [0.2, 0.25) is 0 Å². The number of halogens is 1. The van der Waals surface area contributed by atoms with Crippen molar-refractivity contribution in [3.63, 3.8) is 0 Å². The van der Waals surface area contributed by atoms with Crippen molar-refractivity contribution in [1.29, 1.82) is 0 Å². The van der Waals surface area contributed by atoms with Crippen LogP contribution in [0.5, 0.6) is 0 Å². The van der Waals surface area contributed by atoms with E-state index in [0.717, 1.165) is 23.4 Å². The summed E-state index contributed by atoms with van der Waals surface area (Å²) in [6.07, 6.45) is 2.46. The van der Waals surface area contributed by atoms with Crippen LogP contribution in [0.3, 0.4) is 0 Å². The number of H-pyrrole nitrogens is 1. The minimum Gasteiger partial charge on any atom is -0.345 e. The third-order valence-corrected chi connectivity index (χ3v) is 4.75. The van der Waals surface area contributed by atoms with Crippen molar-refractivity contribution in [2.45, 2.75) is 24.3 Å². The van der Waals surface area contributed by atoms with Gasteiger partial charge < -0.3 is 5.32 Å². The molecule has 2 aromatic rings. The second kappa shape index (κ2) is 5.50. The van der Waals surface area contributed by atoms with Crippen molar-refractivity contribution in [3.8, 4) is 0 Å². The molecule has 1 aliphatic rings. The molecular weight excluding hydrogens is 294 g/mol. The Bertz CT molecular complexity index is 656. The highest BCUT2D eigenvalue weighted by atomic mass is 35.5. The van der Waals surface area contributed by atoms with Crippen molar-refractivity contribution in [3.05, 3.63) is 46.2 Å². The number of carbonyl (C=O) groups excluding carboxylic acids is 1. The van der Waals surface area contributed by atoms with Gasteiger partial charge in [-0.2, -0.15) is 5.10 Å². The second-order valence-electron chi connectivity index (χ2n) is 4.75. The highest BCUT2D eigenvalue weighted by Gasteiger charge is 2.24. The van der Waals surface area contributed by atoms with E-state index < -0.39 is 0 Å². The molecule has 0 spiro atoms. The van der Waals surface area contributed by atoms with Crippen LogP contribution in [0, 0.1) is 6.92 Å². The van der Waals surface area contributed by atoms with Crippen LogP contribution in [0.2, 0.25) is 5.02 Å². The quantitative estimate of drug-likeness (QED) is 0.894. The first-order valence-corrected chi connectivity index (χ1v) is 7.74. The Balaban J connectivity index is 1.85. The summed E-state index contributed by atoms with van der Waals surface area (Å²) < 4.78 is 0. The van der Waals surface area contributed by atoms with Gasteiger partial charge in [-0.25, -0.2) is 0 Å². The van der Waals surface area contributed by atoms with Crippen molar-refractivity contribution in [2.75, 3.05) is 5.75 Å². The predicted octanol–water partition coefficient (Wildman–Crippen LogP) is 3.34. The second-order valence-corrected chi connectivity index (χ2v) is 6.33. The molecule has 20 heavy (non-hydrogen) atoms. The molecule has 1 amide bonds. The van der Waals surface area contributed by atoms with Gasteiger partial charge in [0.05, 0.1) is 17.8 Å². The van der Waals surface area contributed by atoms with E-state index >= 15 is 0 Å². The van der Waals surface area contributed by atoms with Crippen molar-refractivity contribution in [2.24, 2.45) is 0 Å². The maximum atomic E-state index is 12.3. The van der Waals surface area contributed by atoms with Crippen LogP contribution >= 0.6 is 23.4 Å². The molecule has 3 rings (SSSR count). The van der Waals surface area contributed by atoms with Gasteiger partial charge in [0.1, 0.15) is 0 Å². The van der Waals surface area contributed by atoms with Crippen molar-refractivity contribution in [1.82, 2.24) is 15.5 Å².